The Bertz CT molecular complexity index is 417. The Balaban J connectivity index is 1.83. The van der Waals surface area contributed by atoms with Crippen LogP contribution in [-0.2, 0) is 6.54 Å². The predicted octanol–water partition coefficient (Wildman–Crippen LogP) is 3.25. The summed E-state index contributed by atoms with van der Waals surface area (Å²) >= 11 is 0. The molecule has 1 fully saturated rings. The summed E-state index contributed by atoms with van der Waals surface area (Å²) in [6, 6.07) is 8.17. The number of benzene rings is 1. The van der Waals surface area contributed by atoms with Crippen LogP contribution in [0.3, 0.4) is 0 Å². The van der Waals surface area contributed by atoms with Gasteiger partial charge >= 0.3 is 6.61 Å². The molecule has 1 aromatic carbocycles. The van der Waals surface area contributed by atoms with Crippen LogP contribution in [0, 0.1) is 0 Å². The molecule has 0 saturated heterocycles. The number of ether oxygens (including phenoxy) is 1. The SMILES string of the molecule is CNC1CCC(N(C)Cc2ccc(OC(F)F)cc2)CC1. The number of halogens is 2. The molecular weight excluding hydrogens is 274 g/mol. The number of nitrogens with zero attached hydrogens (tertiary/aromatic N) is 1. The highest BCUT2D eigenvalue weighted by atomic mass is 19.3. The molecule has 21 heavy (non-hydrogen) atoms. The van der Waals surface area contributed by atoms with E-state index in [4.69, 9.17) is 0 Å². The van der Waals surface area contributed by atoms with Crippen LogP contribution < -0.4 is 10.1 Å². The van der Waals surface area contributed by atoms with Gasteiger partial charge in [-0.05, 0) is 57.5 Å². The van der Waals surface area contributed by atoms with E-state index < -0.39 is 6.61 Å². The van der Waals surface area contributed by atoms with Gasteiger partial charge in [-0.3, -0.25) is 4.90 Å². The number of hydrogen-bond acceptors (Lipinski definition) is 3. The zero-order chi connectivity index (χ0) is 15.2. The highest BCUT2D eigenvalue weighted by molar-refractivity contribution is 5.27. The fraction of sp³-hybridized carbons (Fsp3) is 0.625. The molecule has 0 atom stereocenters. The highest BCUT2D eigenvalue weighted by Crippen LogP contribution is 2.24. The third-order valence-electron chi connectivity index (χ3n) is 4.31. The lowest BCUT2D eigenvalue weighted by Gasteiger charge is -2.34. The Hall–Kier alpha value is -1.20. The zero-order valence-corrected chi connectivity index (χ0v) is 12.7. The van der Waals surface area contributed by atoms with Gasteiger partial charge in [0, 0.05) is 18.6 Å². The van der Waals surface area contributed by atoms with Gasteiger partial charge in [0.15, 0.2) is 0 Å². The Kier molecular flexibility index (Phi) is 5.94. The van der Waals surface area contributed by atoms with E-state index in [1.54, 1.807) is 12.1 Å². The van der Waals surface area contributed by atoms with Crippen molar-refractivity contribution in [3.05, 3.63) is 29.8 Å². The van der Waals surface area contributed by atoms with Crippen molar-refractivity contribution in [3.8, 4) is 5.75 Å². The van der Waals surface area contributed by atoms with Gasteiger partial charge in [-0.2, -0.15) is 8.78 Å². The summed E-state index contributed by atoms with van der Waals surface area (Å²) in [5.41, 5.74) is 1.12. The first-order valence-electron chi connectivity index (χ1n) is 7.49. The topological polar surface area (TPSA) is 24.5 Å². The molecule has 1 N–H and O–H groups in total. The lowest BCUT2D eigenvalue weighted by Crippen LogP contribution is -2.39. The van der Waals surface area contributed by atoms with Crippen molar-refractivity contribution in [1.82, 2.24) is 10.2 Å². The van der Waals surface area contributed by atoms with Crippen LogP contribution in [0.1, 0.15) is 31.2 Å². The smallest absolute Gasteiger partial charge is 0.387 e. The maximum absolute atomic E-state index is 12.1. The minimum atomic E-state index is -2.76. The molecule has 1 aliphatic carbocycles. The van der Waals surface area contributed by atoms with Gasteiger partial charge in [-0.15, -0.1) is 0 Å². The van der Waals surface area contributed by atoms with E-state index in [0.29, 0.717) is 12.1 Å². The van der Waals surface area contributed by atoms with Gasteiger partial charge in [-0.1, -0.05) is 12.1 Å². The summed E-state index contributed by atoms with van der Waals surface area (Å²) in [4.78, 5) is 2.36. The molecule has 1 saturated carbocycles. The van der Waals surface area contributed by atoms with Crippen molar-refractivity contribution in [2.75, 3.05) is 14.1 Å². The third-order valence-corrected chi connectivity index (χ3v) is 4.31. The Labute approximate surface area is 125 Å². The van der Waals surface area contributed by atoms with Crippen LogP contribution in [0.5, 0.6) is 5.75 Å². The first-order valence-corrected chi connectivity index (χ1v) is 7.49. The molecule has 1 aromatic rings. The second-order valence-corrected chi connectivity index (χ2v) is 5.73. The lowest BCUT2D eigenvalue weighted by molar-refractivity contribution is -0.0498. The molecule has 0 bridgehead atoms. The molecule has 0 unspecified atom stereocenters. The van der Waals surface area contributed by atoms with E-state index in [9.17, 15) is 8.78 Å². The zero-order valence-electron chi connectivity index (χ0n) is 12.7. The highest BCUT2D eigenvalue weighted by Gasteiger charge is 2.22. The average Bonchev–Trinajstić information content (AvgIpc) is 2.49. The first kappa shape index (κ1) is 16.2. The molecule has 0 aromatic heterocycles. The molecular formula is C16H24F2N2O. The Morgan fingerprint density at radius 1 is 1.19 bits per heavy atom. The summed E-state index contributed by atoms with van der Waals surface area (Å²) in [5, 5.41) is 3.34. The second kappa shape index (κ2) is 7.71. The van der Waals surface area contributed by atoms with E-state index in [1.807, 2.05) is 19.2 Å². The maximum Gasteiger partial charge on any atom is 0.387 e. The van der Waals surface area contributed by atoms with Gasteiger partial charge in [0.05, 0.1) is 0 Å². The number of hydrogen-bond donors (Lipinski definition) is 1. The summed E-state index contributed by atoms with van der Waals surface area (Å²) < 4.78 is 28.6. The summed E-state index contributed by atoms with van der Waals surface area (Å²) in [6.45, 7) is -1.93. The summed E-state index contributed by atoms with van der Waals surface area (Å²) in [7, 11) is 4.16. The third kappa shape index (κ3) is 4.93. The normalized spacial score (nSPS) is 22.8. The van der Waals surface area contributed by atoms with Crippen LogP contribution in [0.2, 0.25) is 0 Å². The van der Waals surface area contributed by atoms with Gasteiger partial charge in [-0.25, -0.2) is 0 Å². The minimum Gasteiger partial charge on any atom is -0.435 e. The number of alkyl halides is 2. The summed E-state index contributed by atoms with van der Waals surface area (Å²) in [5.74, 6) is 0.214. The standard InChI is InChI=1S/C16H24F2N2O/c1-19-13-5-7-14(8-6-13)20(2)11-12-3-9-15(10-4-12)21-16(17)18/h3-4,9-10,13-14,16,19H,5-8,11H2,1-2H3. The molecule has 0 aliphatic heterocycles. The fourth-order valence-electron chi connectivity index (χ4n) is 3.00. The Morgan fingerprint density at radius 3 is 2.33 bits per heavy atom. The Morgan fingerprint density at radius 2 is 1.81 bits per heavy atom. The minimum absolute atomic E-state index is 0.214. The molecule has 2 rings (SSSR count). The molecule has 1 aliphatic rings. The lowest BCUT2D eigenvalue weighted by atomic mass is 9.90. The molecule has 0 amide bonds. The van der Waals surface area contributed by atoms with Crippen molar-refractivity contribution < 1.29 is 13.5 Å². The van der Waals surface area contributed by atoms with Crippen LogP contribution in [0.25, 0.3) is 0 Å². The largest absolute Gasteiger partial charge is 0.435 e. The van der Waals surface area contributed by atoms with Crippen molar-refractivity contribution >= 4 is 0 Å². The monoisotopic (exact) mass is 298 g/mol. The van der Waals surface area contributed by atoms with E-state index in [0.717, 1.165) is 12.1 Å². The van der Waals surface area contributed by atoms with Crippen LogP contribution >= 0.6 is 0 Å². The van der Waals surface area contributed by atoms with Crippen LogP contribution in [0.4, 0.5) is 8.78 Å². The maximum atomic E-state index is 12.1. The molecule has 0 spiro atoms. The molecule has 118 valence electrons. The molecule has 3 nitrogen and oxygen atoms in total. The van der Waals surface area contributed by atoms with Gasteiger partial charge < -0.3 is 10.1 Å². The molecule has 0 heterocycles. The van der Waals surface area contributed by atoms with E-state index in [-0.39, 0.29) is 5.75 Å². The quantitative estimate of drug-likeness (QED) is 0.872. The van der Waals surface area contributed by atoms with Gasteiger partial charge in [0.25, 0.3) is 0 Å². The number of rotatable bonds is 6. The number of nitrogens with one attached hydrogen (secondary N) is 1. The van der Waals surface area contributed by atoms with Crippen molar-refractivity contribution in [2.24, 2.45) is 0 Å². The van der Waals surface area contributed by atoms with E-state index in [2.05, 4.69) is 22.0 Å². The average molecular weight is 298 g/mol. The van der Waals surface area contributed by atoms with Crippen molar-refractivity contribution in [3.63, 3.8) is 0 Å². The summed E-state index contributed by atoms with van der Waals surface area (Å²) in [6.07, 6.45) is 4.84. The van der Waals surface area contributed by atoms with Crippen LogP contribution in [0.15, 0.2) is 24.3 Å². The van der Waals surface area contributed by atoms with E-state index >= 15 is 0 Å². The first-order chi connectivity index (χ1) is 10.1. The molecule has 5 heteroatoms. The fourth-order valence-corrected chi connectivity index (χ4v) is 3.00. The second-order valence-electron chi connectivity index (χ2n) is 5.73. The van der Waals surface area contributed by atoms with Crippen LogP contribution in [-0.4, -0.2) is 37.7 Å². The van der Waals surface area contributed by atoms with Crippen molar-refractivity contribution in [1.29, 1.82) is 0 Å². The van der Waals surface area contributed by atoms with E-state index in [1.165, 1.54) is 25.7 Å². The predicted molar refractivity (Wildman–Crippen MR) is 79.6 cm³/mol. The van der Waals surface area contributed by atoms with Crippen molar-refractivity contribution in [2.45, 2.75) is 50.9 Å². The van der Waals surface area contributed by atoms with Gasteiger partial charge in [0.1, 0.15) is 5.75 Å². The van der Waals surface area contributed by atoms with Gasteiger partial charge in [0.2, 0.25) is 0 Å². The molecule has 0 radical (unpaired) electrons.